The van der Waals surface area contributed by atoms with E-state index in [1.807, 2.05) is 5.32 Å². The Morgan fingerprint density at radius 3 is 1.62 bits per heavy atom. The molecule has 3 nitrogen and oxygen atoms in total. The topological polar surface area (TPSA) is 46.2 Å². The van der Waals surface area contributed by atoms with Gasteiger partial charge in [0, 0.05) is 12.2 Å². The van der Waals surface area contributed by atoms with Crippen molar-refractivity contribution in [3.63, 3.8) is 0 Å². The van der Waals surface area contributed by atoms with Crippen molar-refractivity contribution in [1.29, 1.82) is 0 Å². The first-order valence-electron chi connectivity index (χ1n) is 1.82. The Balaban J connectivity index is 0.000000490. The number of hydrogen-bond donors (Lipinski definition) is 1. The first kappa shape index (κ1) is 7.62. The normalized spacial score (nSPS) is 15.5. The average Bonchev–Trinajstić information content (AvgIpc) is 1.87. The van der Waals surface area contributed by atoms with Crippen molar-refractivity contribution in [1.82, 2.24) is 5.32 Å². The summed E-state index contributed by atoms with van der Waals surface area (Å²) in [6.45, 7) is 0. The van der Waals surface area contributed by atoms with Crippen molar-refractivity contribution in [2.24, 2.45) is 0 Å². The fraction of sp³-hybridized carbons (Fsp3) is 0. The van der Waals surface area contributed by atoms with Gasteiger partial charge in [0.1, 0.15) is 0 Å². The molecule has 0 fully saturated rings. The van der Waals surface area contributed by atoms with E-state index in [1.165, 1.54) is 12.2 Å². The van der Waals surface area contributed by atoms with Crippen LogP contribution in [0.25, 0.3) is 0 Å². The molecule has 46 valence electrons. The summed E-state index contributed by atoms with van der Waals surface area (Å²) in [5.74, 6) is -0.657. The van der Waals surface area contributed by atoms with Gasteiger partial charge in [-0.25, -0.2) is 0 Å². The summed E-state index contributed by atoms with van der Waals surface area (Å²) in [6, 6.07) is 0. The molecular weight excluding hydrogens is 291 g/mol. The molecule has 4 heteroatoms. The Morgan fingerprint density at radius 2 is 1.50 bits per heavy atom. The molecule has 0 aliphatic carbocycles. The molecule has 0 radical (unpaired) electrons. The number of carbonyl (C=O) groups excluding carboxylic acids is 2. The van der Waals surface area contributed by atoms with Gasteiger partial charge in [0.25, 0.3) is 11.8 Å². The molecule has 1 N–H and O–H groups in total. The van der Waals surface area contributed by atoms with Crippen LogP contribution in [0, 0.1) is 0 Å². The first-order chi connectivity index (χ1) is 3.29. The van der Waals surface area contributed by atoms with Crippen molar-refractivity contribution >= 4 is 11.8 Å². The third-order valence-corrected chi connectivity index (χ3v) is 0.632. The summed E-state index contributed by atoms with van der Waals surface area (Å²) in [7, 11) is 0. The van der Waals surface area contributed by atoms with Crippen LogP contribution in [0.15, 0.2) is 12.2 Å². The number of rotatable bonds is 0. The molecule has 0 atom stereocenters. The van der Waals surface area contributed by atoms with Gasteiger partial charge in [-0.1, -0.05) is 0 Å². The van der Waals surface area contributed by atoms with E-state index in [-0.39, 0.29) is 34.2 Å². The molecule has 1 aliphatic heterocycles. The van der Waals surface area contributed by atoms with Crippen molar-refractivity contribution in [3.05, 3.63) is 12.2 Å². The summed E-state index contributed by atoms with van der Waals surface area (Å²) in [5.41, 5.74) is 0. The Kier molecular flexibility index (Phi) is 2.68. The summed E-state index contributed by atoms with van der Waals surface area (Å²) < 4.78 is 0. The van der Waals surface area contributed by atoms with Crippen LogP contribution in [0.3, 0.4) is 0 Å². The van der Waals surface area contributed by atoms with E-state index in [2.05, 4.69) is 0 Å². The fourth-order valence-corrected chi connectivity index (χ4v) is 0.356. The molecule has 0 saturated carbocycles. The van der Waals surface area contributed by atoms with Crippen LogP contribution in [-0.4, -0.2) is 11.8 Å². The minimum absolute atomic E-state index is 0. The second-order valence-electron chi connectivity index (χ2n) is 1.19. The Bertz CT molecular complexity index is 136. The molecule has 1 rings (SSSR count). The van der Waals surface area contributed by atoms with E-state index in [9.17, 15) is 9.59 Å². The molecule has 8 heavy (non-hydrogen) atoms. The van der Waals surface area contributed by atoms with Crippen molar-refractivity contribution in [2.75, 3.05) is 0 Å². The molecule has 1 heterocycles. The van der Waals surface area contributed by atoms with Crippen LogP contribution in [0.4, 0.5) is 0 Å². The Morgan fingerprint density at radius 1 is 1.12 bits per heavy atom. The van der Waals surface area contributed by atoms with Gasteiger partial charge in [-0.3, -0.25) is 14.9 Å². The first-order valence-corrected chi connectivity index (χ1v) is 1.82. The van der Waals surface area contributed by atoms with Crippen LogP contribution in [0.2, 0.25) is 0 Å². The van der Waals surface area contributed by atoms with Gasteiger partial charge in [-0.05, 0) is 0 Å². The Hall–Kier alpha value is -0.380. The van der Waals surface area contributed by atoms with Gasteiger partial charge >= 0.3 is 22.4 Å². The second kappa shape index (κ2) is 2.81. The minimum Gasteiger partial charge on any atom is -0.289 e. The van der Waals surface area contributed by atoms with Crippen LogP contribution in [-0.2, 0) is 32.0 Å². The standard InChI is InChI=1S/C4H3NO2.Au/c6-3-1-2-4(7)5-3;/h1-2H,(H,5,6,7);/q;+1. The average molecular weight is 294 g/mol. The molecule has 0 aromatic carbocycles. The fourth-order valence-electron chi connectivity index (χ4n) is 0.356. The van der Waals surface area contributed by atoms with Gasteiger partial charge in [-0.15, -0.1) is 0 Å². The molecule has 0 aromatic rings. The zero-order valence-electron chi connectivity index (χ0n) is 3.77. The van der Waals surface area contributed by atoms with E-state index in [0.29, 0.717) is 0 Å². The monoisotopic (exact) mass is 294 g/mol. The van der Waals surface area contributed by atoms with Crippen LogP contribution in [0.5, 0.6) is 0 Å². The summed E-state index contributed by atoms with van der Waals surface area (Å²) in [5, 5.41) is 2.03. The maximum atomic E-state index is 10.0. The summed E-state index contributed by atoms with van der Waals surface area (Å²) in [6.07, 6.45) is 2.39. The molecule has 2 amide bonds. The predicted molar refractivity (Wildman–Crippen MR) is 22.3 cm³/mol. The third kappa shape index (κ3) is 1.61. The van der Waals surface area contributed by atoms with E-state index in [4.69, 9.17) is 0 Å². The van der Waals surface area contributed by atoms with E-state index < -0.39 is 0 Å². The maximum Gasteiger partial charge on any atom is 1.00 e. The number of nitrogens with one attached hydrogen (secondary N) is 1. The molecule has 0 saturated heterocycles. The zero-order valence-corrected chi connectivity index (χ0v) is 5.94. The maximum absolute atomic E-state index is 10.0. The molecule has 0 aromatic heterocycles. The van der Waals surface area contributed by atoms with Gasteiger partial charge in [-0.2, -0.15) is 0 Å². The second-order valence-corrected chi connectivity index (χ2v) is 1.19. The third-order valence-electron chi connectivity index (χ3n) is 0.632. The van der Waals surface area contributed by atoms with Crippen molar-refractivity contribution in [2.45, 2.75) is 0 Å². The van der Waals surface area contributed by atoms with Gasteiger partial charge in [0.2, 0.25) is 0 Å². The quantitative estimate of drug-likeness (QED) is 0.469. The van der Waals surface area contributed by atoms with Crippen LogP contribution >= 0.6 is 0 Å². The summed E-state index contributed by atoms with van der Waals surface area (Å²) in [4.78, 5) is 20.1. The largest absolute Gasteiger partial charge is 1.00 e. The van der Waals surface area contributed by atoms with E-state index in [0.717, 1.165) is 0 Å². The molecule has 0 spiro atoms. The van der Waals surface area contributed by atoms with Crippen LogP contribution < -0.4 is 5.32 Å². The molecule has 0 unspecified atom stereocenters. The SMILES string of the molecule is O=C1C=CC(=O)N1.[Au+]. The van der Waals surface area contributed by atoms with Crippen molar-refractivity contribution in [3.8, 4) is 0 Å². The van der Waals surface area contributed by atoms with Gasteiger partial charge < -0.3 is 0 Å². The zero-order chi connectivity index (χ0) is 5.28. The Labute approximate surface area is 61.6 Å². The minimum atomic E-state index is -0.329. The van der Waals surface area contributed by atoms with E-state index in [1.54, 1.807) is 0 Å². The predicted octanol–water partition coefficient (Wildman–Crippen LogP) is -0.804. The van der Waals surface area contributed by atoms with E-state index >= 15 is 0 Å². The van der Waals surface area contributed by atoms with Gasteiger partial charge in [0.15, 0.2) is 0 Å². The molecule has 1 aliphatic rings. The smallest absolute Gasteiger partial charge is 0.289 e. The van der Waals surface area contributed by atoms with Gasteiger partial charge in [0.05, 0.1) is 0 Å². The number of carbonyl (C=O) groups is 2. The molecular formula is C4H3AuNO2+. The number of imide groups is 1. The van der Waals surface area contributed by atoms with Crippen molar-refractivity contribution < 1.29 is 32.0 Å². The summed E-state index contributed by atoms with van der Waals surface area (Å²) >= 11 is 0. The van der Waals surface area contributed by atoms with Crippen LogP contribution in [0.1, 0.15) is 0 Å². The number of amides is 2. The molecule has 0 bridgehead atoms. The number of hydrogen-bond acceptors (Lipinski definition) is 2.